The van der Waals surface area contributed by atoms with Crippen molar-refractivity contribution in [2.75, 3.05) is 0 Å². The second kappa shape index (κ2) is 5.44. The predicted octanol–water partition coefficient (Wildman–Crippen LogP) is 4.91. The van der Waals surface area contributed by atoms with Crippen molar-refractivity contribution in [1.29, 1.82) is 0 Å². The number of hydrogen-bond acceptors (Lipinski definition) is 2. The topological polar surface area (TPSA) is 28.7 Å². The van der Waals surface area contributed by atoms with E-state index < -0.39 is 0 Å². The van der Waals surface area contributed by atoms with Gasteiger partial charge in [-0.2, -0.15) is 0 Å². The Labute approximate surface area is 123 Å². The lowest BCUT2D eigenvalue weighted by Gasteiger charge is -2.12. The molecule has 1 saturated carbocycles. The Kier molecular flexibility index (Phi) is 3.66. The van der Waals surface area contributed by atoms with E-state index in [4.69, 9.17) is 12.2 Å². The molecule has 0 radical (unpaired) electrons. The van der Waals surface area contributed by atoms with E-state index >= 15 is 0 Å². The van der Waals surface area contributed by atoms with Gasteiger partial charge < -0.3 is 4.98 Å². The summed E-state index contributed by atoms with van der Waals surface area (Å²) in [6.07, 6.45) is 4.96. The summed E-state index contributed by atoms with van der Waals surface area (Å²) in [6.45, 7) is 1.89. The van der Waals surface area contributed by atoms with E-state index in [1.807, 2.05) is 13.0 Å². The quantitative estimate of drug-likeness (QED) is 0.795. The van der Waals surface area contributed by atoms with Crippen molar-refractivity contribution < 1.29 is 4.39 Å². The molecule has 104 valence electrons. The first kappa shape index (κ1) is 13.4. The van der Waals surface area contributed by atoms with Crippen LogP contribution in [0.1, 0.15) is 42.9 Å². The molecule has 1 aromatic heterocycles. The number of aryl methyl sites for hydroxylation is 1. The van der Waals surface area contributed by atoms with Crippen LogP contribution in [-0.2, 0) is 0 Å². The Bertz CT molecular complexity index is 687. The molecular weight excluding hydrogens is 271 g/mol. The molecule has 4 heteroatoms. The Balaban J connectivity index is 2.07. The lowest BCUT2D eigenvalue weighted by molar-refractivity contribution is 0.626. The third kappa shape index (κ3) is 2.66. The van der Waals surface area contributed by atoms with Gasteiger partial charge in [-0.15, -0.1) is 0 Å². The lowest BCUT2D eigenvalue weighted by Crippen LogP contribution is -2.01. The monoisotopic (exact) mass is 288 g/mol. The molecule has 1 aromatic carbocycles. The summed E-state index contributed by atoms with van der Waals surface area (Å²) in [5, 5.41) is 0. The summed E-state index contributed by atoms with van der Waals surface area (Å²) in [5.74, 6) is 1.08. The number of halogens is 1. The van der Waals surface area contributed by atoms with Crippen LogP contribution in [-0.4, -0.2) is 9.97 Å². The zero-order chi connectivity index (χ0) is 14.1. The van der Waals surface area contributed by atoms with Crippen molar-refractivity contribution in [2.45, 2.75) is 38.5 Å². The molecule has 0 amide bonds. The van der Waals surface area contributed by atoms with E-state index in [2.05, 4.69) is 9.97 Å². The molecule has 1 aliphatic carbocycles. The number of benzene rings is 1. The van der Waals surface area contributed by atoms with Crippen LogP contribution in [0.2, 0.25) is 0 Å². The van der Waals surface area contributed by atoms with Gasteiger partial charge in [-0.1, -0.05) is 25.1 Å². The summed E-state index contributed by atoms with van der Waals surface area (Å²) < 4.78 is 13.8. The van der Waals surface area contributed by atoms with Crippen molar-refractivity contribution in [3.63, 3.8) is 0 Å². The number of H-pyrrole nitrogens is 1. The molecule has 20 heavy (non-hydrogen) atoms. The van der Waals surface area contributed by atoms with Gasteiger partial charge in [0.15, 0.2) is 0 Å². The molecule has 0 aliphatic heterocycles. The summed E-state index contributed by atoms with van der Waals surface area (Å²) in [5.41, 5.74) is 2.95. The van der Waals surface area contributed by atoms with Crippen LogP contribution in [0.3, 0.4) is 0 Å². The fraction of sp³-hybridized carbons (Fsp3) is 0.375. The number of nitrogens with zero attached hydrogens (tertiary/aromatic N) is 1. The van der Waals surface area contributed by atoms with Gasteiger partial charge in [-0.25, -0.2) is 9.37 Å². The number of rotatable bonds is 2. The highest BCUT2D eigenvalue weighted by Gasteiger charge is 2.18. The summed E-state index contributed by atoms with van der Waals surface area (Å²) >= 11 is 5.29. The highest BCUT2D eigenvalue weighted by molar-refractivity contribution is 7.71. The van der Waals surface area contributed by atoms with Gasteiger partial charge >= 0.3 is 0 Å². The molecule has 3 rings (SSSR count). The molecule has 2 aromatic rings. The van der Waals surface area contributed by atoms with Crippen LogP contribution < -0.4 is 0 Å². The second-order valence-corrected chi connectivity index (χ2v) is 5.88. The Morgan fingerprint density at radius 3 is 2.70 bits per heavy atom. The minimum absolute atomic E-state index is 0.225. The van der Waals surface area contributed by atoms with E-state index in [1.54, 1.807) is 6.07 Å². The fourth-order valence-corrected chi connectivity index (χ4v) is 3.17. The summed E-state index contributed by atoms with van der Waals surface area (Å²) in [6, 6.07) is 6.71. The molecular formula is C16H17FN2S. The Morgan fingerprint density at radius 1 is 1.25 bits per heavy atom. The molecule has 0 unspecified atom stereocenters. The van der Waals surface area contributed by atoms with Crippen LogP contribution in [0.15, 0.2) is 24.3 Å². The lowest BCUT2D eigenvalue weighted by atomic mass is 10.0. The molecule has 0 saturated heterocycles. The number of aromatic nitrogens is 2. The average molecular weight is 288 g/mol. The maximum atomic E-state index is 13.2. The van der Waals surface area contributed by atoms with Gasteiger partial charge in [0.1, 0.15) is 16.3 Å². The van der Waals surface area contributed by atoms with Crippen LogP contribution in [0.5, 0.6) is 0 Å². The third-order valence-electron chi connectivity index (χ3n) is 4.00. The molecule has 2 nitrogen and oxygen atoms in total. The van der Waals surface area contributed by atoms with Crippen LogP contribution in [0.25, 0.3) is 11.4 Å². The van der Waals surface area contributed by atoms with Gasteiger partial charge in [0.05, 0.1) is 0 Å². The minimum atomic E-state index is -0.225. The van der Waals surface area contributed by atoms with Crippen molar-refractivity contribution in [1.82, 2.24) is 9.97 Å². The van der Waals surface area contributed by atoms with Gasteiger partial charge in [0.2, 0.25) is 0 Å². The van der Waals surface area contributed by atoms with Gasteiger partial charge in [0.25, 0.3) is 0 Å². The molecule has 1 heterocycles. The molecule has 1 aliphatic rings. The first-order chi connectivity index (χ1) is 9.63. The SMILES string of the molecule is Cc1cc(F)ccc1-c1nc(=S)cc(C2CCCC2)[nH]1. The van der Waals surface area contributed by atoms with E-state index in [-0.39, 0.29) is 5.82 Å². The van der Waals surface area contributed by atoms with Crippen molar-refractivity contribution in [3.8, 4) is 11.4 Å². The highest BCUT2D eigenvalue weighted by atomic mass is 32.1. The zero-order valence-electron chi connectivity index (χ0n) is 11.4. The first-order valence-electron chi connectivity index (χ1n) is 7.01. The van der Waals surface area contributed by atoms with Gasteiger partial charge in [-0.05, 0) is 55.5 Å². The van der Waals surface area contributed by atoms with Crippen molar-refractivity contribution >= 4 is 12.2 Å². The second-order valence-electron chi connectivity index (χ2n) is 5.46. The molecule has 0 atom stereocenters. The zero-order valence-corrected chi connectivity index (χ0v) is 12.3. The van der Waals surface area contributed by atoms with Crippen molar-refractivity contribution in [2.24, 2.45) is 0 Å². The summed E-state index contributed by atoms with van der Waals surface area (Å²) in [7, 11) is 0. The van der Waals surface area contributed by atoms with Crippen LogP contribution in [0.4, 0.5) is 4.39 Å². The van der Waals surface area contributed by atoms with Gasteiger partial charge in [-0.3, -0.25) is 0 Å². The van der Waals surface area contributed by atoms with E-state index in [0.29, 0.717) is 10.6 Å². The molecule has 1 N–H and O–H groups in total. The van der Waals surface area contributed by atoms with E-state index in [0.717, 1.165) is 17.0 Å². The smallest absolute Gasteiger partial charge is 0.139 e. The molecule has 1 fully saturated rings. The number of hydrogen-bond donors (Lipinski definition) is 1. The maximum absolute atomic E-state index is 13.2. The minimum Gasteiger partial charge on any atom is -0.343 e. The molecule has 0 spiro atoms. The largest absolute Gasteiger partial charge is 0.343 e. The van der Waals surface area contributed by atoms with Crippen molar-refractivity contribution in [3.05, 3.63) is 46.0 Å². The number of aromatic amines is 1. The fourth-order valence-electron chi connectivity index (χ4n) is 2.95. The van der Waals surface area contributed by atoms with E-state index in [1.165, 1.54) is 43.5 Å². The normalized spacial score (nSPS) is 15.7. The number of nitrogens with one attached hydrogen (secondary N) is 1. The first-order valence-corrected chi connectivity index (χ1v) is 7.42. The Hall–Kier alpha value is -1.55. The molecule has 0 bridgehead atoms. The maximum Gasteiger partial charge on any atom is 0.139 e. The van der Waals surface area contributed by atoms with Gasteiger partial charge in [0, 0.05) is 11.3 Å². The predicted molar refractivity (Wildman–Crippen MR) is 80.8 cm³/mol. The van der Waals surface area contributed by atoms with Crippen LogP contribution in [0, 0.1) is 17.4 Å². The highest BCUT2D eigenvalue weighted by Crippen LogP contribution is 2.33. The Morgan fingerprint density at radius 2 is 2.00 bits per heavy atom. The van der Waals surface area contributed by atoms with E-state index in [9.17, 15) is 4.39 Å². The average Bonchev–Trinajstić information content (AvgIpc) is 2.91. The van der Waals surface area contributed by atoms with Crippen LogP contribution >= 0.6 is 12.2 Å². The third-order valence-corrected chi connectivity index (χ3v) is 4.21. The summed E-state index contributed by atoms with van der Waals surface area (Å²) in [4.78, 5) is 7.81. The standard InChI is InChI=1S/C16H17FN2S/c1-10-8-12(17)6-7-13(10)16-18-14(9-15(20)19-16)11-4-2-3-5-11/h6-9,11H,2-5H2,1H3,(H,18,19,20).